The highest BCUT2D eigenvalue weighted by molar-refractivity contribution is 5.80. The molecule has 2 aromatic rings. The van der Waals surface area contributed by atoms with E-state index in [1.165, 1.54) is 0 Å². The monoisotopic (exact) mass is 299 g/mol. The van der Waals surface area contributed by atoms with E-state index in [9.17, 15) is 4.79 Å². The Morgan fingerprint density at radius 1 is 1.50 bits per heavy atom. The van der Waals surface area contributed by atoms with E-state index in [-0.39, 0.29) is 24.9 Å². The van der Waals surface area contributed by atoms with Gasteiger partial charge in [-0.2, -0.15) is 4.98 Å². The third kappa shape index (κ3) is 4.06. The van der Waals surface area contributed by atoms with Crippen molar-refractivity contribution < 1.29 is 9.32 Å². The molecule has 0 aliphatic rings. The normalized spacial score (nSPS) is 10.3. The Bertz CT molecular complexity index is 687. The highest BCUT2D eigenvalue weighted by atomic mass is 16.5. The number of nitrogens with one attached hydrogen (secondary N) is 2. The number of amides is 1. The number of hydrogen-bond acceptors (Lipinski definition) is 6. The number of terminal acetylenes is 1. The van der Waals surface area contributed by atoms with E-state index in [4.69, 9.17) is 10.9 Å². The van der Waals surface area contributed by atoms with Crippen molar-refractivity contribution in [2.75, 3.05) is 18.4 Å². The number of nitrogens with zero attached hydrogens (tertiary/aromatic N) is 3. The molecule has 0 fully saturated rings. The molecule has 2 N–H and O–H groups in total. The van der Waals surface area contributed by atoms with Crippen molar-refractivity contribution in [1.82, 2.24) is 20.4 Å². The van der Waals surface area contributed by atoms with Crippen LogP contribution in [0.5, 0.6) is 0 Å². The number of anilines is 1. The summed E-state index contributed by atoms with van der Waals surface area (Å²) in [5, 5.41) is 9.39. The molecule has 0 radical (unpaired) electrons. The highest BCUT2D eigenvalue weighted by Crippen LogP contribution is 2.21. The van der Waals surface area contributed by atoms with Crippen molar-refractivity contribution in [2.24, 2.45) is 0 Å². The zero-order valence-electron chi connectivity index (χ0n) is 12.5. The molecule has 2 rings (SSSR count). The summed E-state index contributed by atoms with van der Waals surface area (Å²) in [5.41, 5.74) is 0.737. The lowest BCUT2D eigenvalue weighted by Gasteiger charge is -2.05. The minimum absolute atomic E-state index is 0.0826. The van der Waals surface area contributed by atoms with Crippen LogP contribution in [-0.4, -0.2) is 34.1 Å². The summed E-state index contributed by atoms with van der Waals surface area (Å²) in [7, 11) is 0. The number of hydrogen-bond donors (Lipinski definition) is 2. The van der Waals surface area contributed by atoms with Crippen molar-refractivity contribution >= 4 is 11.7 Å². The molecule has 0 aromatic carbocycles. The average Bonchev–Trinajstić information content (AvgIpc) is 3.01. The van der Waals surface area contributed by atoms with Crippen LogP contribution < -0.4 is 10.6 Å². The van der Waals surface area contributed by atoms with Gasteiger partial charge in [-0.3, -0.25) is 4.79 Å². The second-order valence-corrected chi connectivity index (χ2v) is 4.88. The van der Waals surface area contributed by atoms with Gasteiger partial charge in [0.2, 0.25) is 5.91 Å². The second-order valence-electron chi connectivity index (χ2n) is 4.88. The Balaban J connectivity index is 2.03. The molecule has 0 saturated carbocycles. The van der Waals surface area contributed by atoms with Gasteiger partial charge < -0.3 is 15.2 Å². The lowest BCUT2D eigenvalue weighted by atomic mass is 10.2. The van der Waals surface area contributed by atoms with Crippen LogP contribution >= 0.6 is 0 Å². The first-order valence-corrected chi connectivity index (χ1v) is 6.84. The maximum atomic E-state index is 11.5. The fourth-order valence-corrected chi connectivity index (χ4v) is 1.63. The number of pyridine rings is 1. The SMILES string of the molecule is C#CCNC(=O)CNc1cc(-c2nc(C(C)C)no2)ccn1. The summed E-state index contributed by atoms with van der Waals surface area (Å²) in [5.74, 6) is 3.93. The molecule has 0 bridgehead atoms. The van der Waals surface area contributed by atoms with E-state index in [1.54, 1.807) is 18.3 Å². The smallest absolute Gasteiger partial charge is 0.258 e. The highest BCUT2D eigenvalue weighted by Gasteiger charge is 2.12. The predicted octanol–water partition coefficient (Wildman–Crippen LogP) is 1.42. The molecule has 114 valence electrons. The van der Waals surface area contributed by atoms with Gasteiger partial charge in [-0.25, -0.2) is 4.98 Å². The fraction of sp³-hybridized carbons (Fsp3) is 0.333. The molecule has 2 heterocycles. The number of carbonyl (C=O) groups excluding carboxylic acids is 1. The Labute approximate surface area is 128 Å². The van der Waals surface area contributed by atoms with Crippen LogP contribution in [0, 0.1) is 12.3 Å². The van der Waals surface area contributed by atoms with Gasteiger partial charge in [-0.15, -0.1) is 6.42 Å². The molecule has 0 saturated heterocycles. The van der Waals surface area contributed by atoms with E-state index in [1.807, 2.05) is 13.8 Å². The Hall–Kier alpha value is -2.88. The van der Waals surface area contributed by atoms with Gasteiger partial charge in [0.1, 0.15) is 5.82 Å². The summed E-state index contributed by atoms with van der Waals surface area (Å²) in [4.78, 5) is 19.9. The maximum Gasteiger partial charge on any atom is 0.258 e. The predicted molar refractivity (Wildman–Crippen MR) is 82.0 cm³/mol. The second kappa shape index (κ2) is 7.22. The van der Waals surface area contributed by atoms with E-state index in [0.29, 0.717) is 17.5 Å². The van der Waals surface area contributed by atoms with E-state index >= 15 is 0 Å². The molecule has 0 aliphatic heterocycles. The number of carbonyl (C=O) groups is 1. The Kier molecular flexibility index (Phi) is 5.09. The molecule has 0 spiro atoms. The molecule has 0 unspecified atom stereocenters. The average molecular weight is 299 g/mol. The van der Waals surface area contributed by atoms with Gasteiger partial charge in [0.05, 0.1) is 13.1 Å². The van der Waals surface area contributed by atoms with E-state index < -0.39 is 0 Å². The Morgan fingerprint density at radius 2 is 2.32 bits per heavy atom. The summed E-state index contributed by atoms with van der Waals surface area (Å²) < 4.78 is 5.23. The summed E-state index contributed by atoms with van der Waals surface area (Å²) >= 11 is 0. The molecule has 2 aromatic heterocycles. The van der Waals surface area contributed by atoms with Crippen molar-refractivity contribution in [1.29, 1.82) is 0 Å². The lowest BCUT2D eigenvalue weighted by molar-refractivity contribution is -0.119. The molecule has 7 heteroatoms. The summed E-state index contributed by atoms with van der Waals surface area (Å²) in [6.45, 7) is 4.26. The van der Waals surface area contributed by atoms with E-state index in [0.717, 1.165) is 5.56 Å². The van der Waals surface area contributed by atoms with Crippen LogP contribution in [0.1, 0.15) is 25.6 Å². The maximum absolute atomic E-state index is 11.5. The van der Waals surface area contributed by atoms with Crippen molar-refractivity contribution in [3.63, 3.8) is 0 Å². The summed E-state index contributed by atoms with van der Waals surface area (Å²) in [6, 6.07) is 3.51. The minimum atomic E-state index is -0.204. The molecule has 1 amide bonds. The van der Waals surface area contributed by atoms with Gasteiger partial charge in [0, 0.05) is 17.7 Å². The fourth-order valence-electron chi connectivity index (χ4n) is 1.63. The van der Waals surface area contributed by atoms with Crippen LogP contribution in [0.15, 0.2) is 22.9 Å². The standard InChI is InChI=1S/C15H17N5O2/c1-4-6-17-13(21)9-18-12-8-11(5-7-16-12)15-19-14(10(2)3)20-22-15/h1,5,7-8,10H,6,9H2,2-3H3,(H,16,18)(H,17,21). The van der Waals surface area contributed by atoms with Crippen molar-refractivity contribution in [2.45, 2.75) is 19.8 Å². The van der Waals surface area contributed by atoms with Crippen LogP contribution in [0.2, 0.25) is 0 Å². The summed E-state index contributed by atoms with van der Waals surface area (Å²) in [6.07, 6.45) is 6.68. The van der Waals surface area contributed by atoms with E-state index in [2.05, 4.69) is 31.7 Å². The van der Waals surface area contributed by atoms with Crippen LogP contribution in [0.3, 0.4) is 0 Å². The zero-order valence-corrected chi connectivity index (χ0v) is 12.5. The van der Waals surface area contributed by atoms with Gasteiger partial charge in [0.15, 0.2) is 5.82 Å². The van der Waals surface area contributed by atoms with Gasteiger partial charge in [0.25, 0.3) is 5.89 Å². The largest absolute Gasteiger partial charge is 0.361 e. The third-order valence-corrected chi connectivity index (χ3v) is 2.78. The zero-order chi connectivity index (χ0) is 15.9. The van der Waals surface area contributed by atoms with Crippen molar-refractivity contribution in [3.05, 3.63) is 24.2 Å². The molecule has 0 atom stereocenters. The first-order chi connectivity index (χ1) is 10.6. The molecular weight excluding hydrogens is 282 g/mol. The quantitative estimate of drug-likeness (QED) is 0.784. The number of aromatic nitrogens is 3. The first kappa shape index (κ1) is 15.5. The topological polar surface area (TPSA) is 92.9 Å². The number of rotatable bonds is 6. The van der Waals surface area contributed by atoms with Gasteiger partial charge in [-0.05, 0) is 12.1 Å². The third-order valence-electron chi connectivity index (χ3n) is 2.78. The minimum Gasteiger partial charge on any atom is -0.361 e. The molecule has 0 aliphatic carbocycles. The molecule has 22 heavy (non-hydrogen) atoms. The molecular formula is C15H17N5O2. The lowest BCUT2D eigenvalue weighted by Crippen LogP contribution is -2.30. The van der Waals surface area contributed by atoms with Crippen molar-refractivity contribution in [3.8, 4) is 23.8 Å². The molecule has 7 nitrogen and oxygen atoms in total. The van der Waals surface area contributed by atoms with Crippen LogP contribution in [-0.2, 0) is 4.79 Å². The van der Waals surface area contributed by atoms with Gasteiger partial charge >= 0.3 is 0 Å². The first-order valence-electron chi connectivity index (χ1n) is 6.84. The van der Waals surface area contributed by atoms with Crippen LogP contribution in [0.4, 0.5) is 5.82 Å². The Morgan fingerprint density at radius 3 is 3.00 bits per heavy atom. The van der Waals surface area contributed by atoms with Gasteiger partial charge in [-0.1, -0.05) is 24.9 Å². The van der Waals surface area contributed by atoms with Crippen LogP contribution in [0.25, 0.3) is 11.5 Å².